The summed E-state index contributed by atoms with van der Waals surface area (Å²) in [5, 5.41) is 11.7. The molecule has 2 aromatic rings. The summed E-state index contributed by atoms with van der Waals surface area (Å²) in [6, 6.07) is 10.8. The van der Waals surface area contributed by atoms with Gasteiger partial charge in [-0.05, 0) is 62.1 Å². The topological polar surface area (TPSA) is 37.8 Å². The lowest BCUT2D eigenvalue weighted by molar-refractivity contribution is 0.686. The van der Waals surface area contributed by atoms with Crippen LogP contribution >= 0.6 is 0 Å². The summed E-state index contributed by atoms with van der Waals surface area (Å²) in [6.45, 7) is 0.761. The molecule has 1 heterocycles. The van der Waals surface area contributed by atoms with E-state index in [-0.39, 0.29) is 0 Å². The first-order valence-corrected chi connectivity index (χ1v) is 6.96. The maximum Gasteiger partial charge on any atom is 0.0929 e. The molecule has 3 nitrogen and oxygen atoms in total. The van der Waals surface area contributed by atoms with Gasteiger partial charge in [0, 0.05) is 12.1 Å². The minimum Gasteiger partial charge on any atom is -0.314 e. The number of nitrogens with zero attached hydrogens (tertiary/aromatic N) is 2. The number of fused-ring (bicyclic) bond motifs is 1. The van der Waals surface area contributed by atoms with Crippen molar-refractivity contribution in [3.63, 3.8) is 0 Å². The van der Waals surface area contributed by atoms with Crippen LogP contribution in [-0.2, 0) is 19.4 Å². The molecule has 3 heteroatoms. The Hall–Kier alpha value is -1.74. The van der Waals surface area contributed by atoms with Crippen LogP contribution in [-0.4, -0.2) is 17.2 Å². The Bertz CT molecular complexity index is 561. The maximum absolute atomic E-state index is 4.33. The summed E-state index contributed by atoms with van der Waals surface area (Å²) in [4.78, 5) is 0. The second kappa shape index (κ2) is 5.49. The number of aromatic nitrogens is 2. The standard InChI is InChI=1S/C16H19N3/c1-17-11-15-8-9-16(19-18-15)14-7-6-12-4-2-3-5-13(12)10-14/h6-10,17H,2-5,11H2,1H3. The van der Waals surface area contributed by atoms with Crippen LogP contribution in [0.15, 0.2) is 30.3 Å². The van der Waals surface area contributed by atoms with Gasteiger partial charge in [0.1, 0.15) is 0 Å². The van der Waals surface area contributed by atoms with E-state index in [1.807, 2.05) is 13.1 Å². The molecule has 1 aromatic heterocycles. The van der Waals surface area contributed by atoms with Gasteiger partial charge in [0.2, 0.25) is 0 Å². The molecule has 0 atom stereocenters. The zero-order valence-corrected chi connectivity index (χ0v) is 11.3. The highest BCUT2D eigenvalue weighted by atomic mass is 15.1. The Balaban J connectivity index is 1.89. The number of nitrogens with one attached hydrogen (secondary N) is 1. The summed E-state index contributed by atoms with van der Waals surface area (Å²) in [6.07, 6.45) is 5.06. The van der Waals surface area contributed by atoms with E-state index in [1.54, 1.807) is 0 Å². The zero-order valence-electron chi connectivity index (χ0n) is 11.3. The van der Waals surface area contributed by atoms with Crippen molar-refractivity contribution in [2.75, 3.05) is 7.05 Å². The molecule has 0 aliphatic heterocycles. The number of hydrogen-bond acceptors (Lipinski definition) is 3. The molecule has 0 bridgehead atoms. The minimum atomic E-state index is 0.761. The summed E-state index contributed by atoms with van der Waals surface area (Å²) < 4.78 is 0. The molecular weight excluding hydrogens is 234 g/mol. The van der Waals surface area contributed by atoms with Gasteiger partial charge in [-0.2, -0.15) is 10.2 Å². The number of hydrogen-bond donors (Lipinski definition) is 1. The SMILES string of the molecule is CNCc1ccc(-c2ccc3c(c2)CCCC3)nn1. The minimum absolute atomic E-state index is 0.761. The summed E-state index contributed by atoms with van der Waals surface area (Å²) >= 11 is 0. The fourth-order valence-corrected chi connectivity index (χ4v) is 2.68. The molecule has 1 N–H and O–H groups in total. The van der Waals surface area contributed by atoms with Gasteiger partial charge in [-0.1, -0.05) is 12.1 Å². The van der Waals surface area contributed by atoms with Crippen LogP contribution in [0, 0.1) is 0 Å². The summed E-state index contributed by atoms with van der Waals surface area (Å²) in [7, 11) is 1.92. The maximum atomic E-state index is 4.33. The second-order valence-corrected chi connectivity index (χ2v) is 5.13. The molecule has 0 spiro atoms. The summed E-state index contributed by atoms with van der Waals surface area (Å²) in [5.74, 6) is 0. The van der Waals surface area contributed by atoms with Crippen LogP contribution in [0.3, 0.4) is 0 Å². The quantitative estimate of drug-likeness (QED) is 0.914. The van der Waals surface area contributed by atoms with Gasteiger partial charge in [0.15, 0.2) is 0 Å². The van der Waals surface area contributed by atoms with Gasteiger partial charge in [-0.3, -0.25) is 0 Å². The smallest absolute Gasteiger partial charge is 0.0929 e. The van der Waals surface area contributed by atoms with Crippen LogP contribution in [0.5, 0.6) is 0 Å². The fourth-order valence-electron chi connectivity index (χ4n) is 2.68. The first-order valence-electron chi connectivity index (χ1n) is 6.96. The first-order chi connectivity index (χ1) is 9.36. The Morgan fingerprint density at radius 1 is 1.00 bits per heavy atom. The van der Waals surface area contributed by atoms with E-state index < -0.39 is 0 Å². The molecule has 1 aliphatic carbocycles. The lowest BCUT2D eigenvalue weighted by Gasteiger charge is -2.16. The Morgan fingerprint density at radius 2 is 1.84 bits per heavy atom. The van der Waals surface area contributed by atoms with E-state index in [4.69, 9.17) is 0 Å². The van der Waals surface area contributed by atoms with E-state index in [9.17, 15) is 0 Å². The molecule has 0 radical (unpaired) electrons. The van der Waals surface area contributed by atoms with Gasteiger partial charge in [-0.25, -0.2) is 0 Å². The molecule has 3 rings (SSSR count). The highest BCUT2D eigenvalue weighted by Crippen LogP contribution is 2.26. The molecule has 0 amide bonds. The molecule has 98 valence electrons. The average Bonchev–Trinajstić information content (AvgIpc) is 2.48. The van der Waals surface area contributed by atoms with Gasteiger partial charge in [0.25, 0.3) is 0 Å². The van der Waals surface area contributed by atoms with Crippen molar-refractivity contribution in [1.29, 1.82) is 0 Å². The number of aryl methyl sites for hydroxylation is 2. The van der Waals surface area contributed by atoms with E-state index in [1.165, 1.54) is 42.4 Å². The largest absolute Gasteiger partial charge is 0.314 e. The van der Waals surface area contributed by atoms with Crippen molar-refractivity contribution in [2.45, 2.75) is 32.2 Å². The fraction of sp³-hybridized carbons (Fsp3) is 0.375. The summed E-state index contributed by atoms with van der Waals surface area (Å²) in [5.41, 5.74) is 6.13. The second-order valence-electron chi connectivity index (χ2n) is 5.13. The van der Waals surface area contributed by atoms with Crippen molar-refractivity contribution >= 4 is 0 Å². The predicted octanol–water partition coefficient (Wildman–Crippen LogP) is 2.74. The Kier molecular flexibility index (Phi) is 3.56. The highest BCUT2D eigenvalue weighted by Gasteiger charge is 2.10. The van der Waals surface area contributed by atoms with Crippen LogP contribution in [0.4, 0.5) is 0 Å². The molecule has 1 aliphatic rings. The Morgan fingerprint density at radius 3 is 2.58 bits per heavy atom. The Labute approximate surface area is 114 Å². The molecule has 0 fully saturated rings. The normalized spacial score (nSPS) is 14.2. The van der Waals surface area contributed by atoms with Crippen molar-refractivity contribution in [2.24, 2.45) is 0 Å². The monoisotopic (exact) mass is 253 g/mol. The van der Waals surface area contributed by atoms with Crippen LogP contribution < -0.4 is 5.32 Å². The van der Waals surface area contributed by atoms with Crippen molar-refractivity contribution < 1.29 is 0 Å². The predicted molar refractivity (Wildman–Crippen MR) is 76.9 cm³/mol. The highest BCUT2D eigenvalue weighted by molar-refractivity contribution is 5.60. The average molecular weight is 253 g/mol. The van der Waals surface area contributed by atoms with Gasteiger partial charge >= 0.3 is 0 Å². The van der Waals surface area contributed by atoms with Crippen LogP contribution in [0.25, 0.3) is 11.3 Å². The van der Waals surface area contributed by atoms with Crippen molar-refractivity contribution in [1.82, 2.24) is 15.5 Å². The first kappa shape index (κ1) is 12.3. The third-order valence-electron chi connectivity index (χ3n) is 3.72. The molecule has 0 saturated heterocycles. The van der Waals surface area contributed by atoms with E-state index in [0.29, 0.717) is 0 Å². The molecule has 19 heavy (non-hydrogen) atoms. The number of benzene rings is 1. The van der Waals surface area contributed by atoms with Gasteiger partial charge in [-0.15, -0.1) is 0 Å². The molecule has 1 aromatic carbocycles. The van der Waals surface area contributed by atoms with Crippen LogP contribution in [0.2, 0.25) is 0 Å². The molecule has 0 saturated carbocycles. The third kappa shape index (κ3) is 2.66. The molecule has 0 unspecified atom stereocenters. The van der Waals surface area contributed by atoms with Crippen LogP contribution in [0.1, 0.15) is 29.7 Å². The van der Waals surface area contributed by atoms with Gasteiger partial charge < -0.3 is 5.32 Å². The lowest BCUT2D eigenvalue weighted by Crippen LogP contribution is -2.07. The third-order valence-corrected chi connectivity index (χ3v) is 3.72. The van der Waals surface area contributed by atoms with E-state index in [2.05, 4.69) is 39.8 Å². The van der Waals surface area contributed by atoms with E-state index in [0.717, 1.165) is 17.9 Å². The van der Waals surface area contributed by atoms with Gasteiger partial charge in [0.05, 0.1) is 11.4 Å². The lowest BCUT2D eigenvalue weighted by atomic mass is 9.90. The number of rotatable bonds is 3. The van der Waals surface area contributed by atoms with E-state index >= 15 is 0 Å². The zero-order chi connectivity index (χ0) is 13.1. The van der Waals surface area contributed by atoms with Crippen molar-refractivity contribution in [3.05, 3.63) is 47.2 Å². The van der Waals surface area contributed by atoms with Crippen molar-refractivity contribution in [3.8, 4) is 11.3 Å². The molecular formula is C16H19N3.